The standard InChI is InChI=1S/C23H21F5N4O4/c1-11-16(13-4-5-14(24)17(25)18(13)35-3)19(36-22(11,2)23(26,27)28)20(33)31-12-6-7-29-15(10-12)32-9-8-30-21(32)34/h4-11,16,19H,1-3H3,(H,30,34)(H,29,31,33)/t11-,16-,19+,22+/m0/s1. The van der Waals surface area contributed by atoms with E-state index in [1.165, 1.54) is 37.6 Å². The molecule has 2 aromatic heterocycles. The summed E-state index contributed by atoms with van der Waals surface area (Å²) in [5.74, 6) is -6.83. The molecule has 1 amide bonds. The monoisotopic (exact) mass is 512 g/mol. The number of amides is 1. The van der Waals surface area contributed by atoms with Gasteiger partial charge >= 0.3 is 11.9 Å². The Hall–Kier alpha value is -3.74. The maximum absolute atomic E-state index is 14.5. The summed E-state index contributed by atoms with van der Waals surface area (Å²) in [6.07, 6.45) is -2.57. The fraction of sp³-hybridized carbons (Fsp3) is 0.348. The van der Waals surface area contributed by atoms with E-state index in [2.05, 4.69) is 15.3 Å². The van der Waals surface area contributed by atoms with Crippen LogP contribution in [-0.4, -0.2) is 45.4 Å². The number of methoxy groups -OCH3 is 1. The molecule has 8 nitrogen and oxygen atoms in total. The summed E-state index contributed by atoms with van der Waals surface area (Å²) in [5.41, 5.74) is -3.31. The highest BCUT2D eigenvalue weighted by Crippen LogP contribution is 2.55. The van der Waals surface area contributed by atoms with Gasteiger partial charge in [0, 0.05) is 47.7 Å². The number of halogens is 5. The molecule has 1 saturated heterocycles. The van der Waals surface area contributed by atoms with Crippen molar-refractivity contribution in [3.8, 4) is 11.6 Å². The van der Waals surface area contributed by atoms with Gasteiger partial charge in [0.15, 0.2) is 17.2 Å². The smallest absolute Gasteiger partial charge is 0.417 e. The largest absolute Gasteiger partial charge is 0.493 e. The third-order valence-corrected chi connectivity index (χ3v) is 6.48. The van der Waals surface area contributed by atoms with Crippen LogP contribution in [0.15, 0.2) is 47.7 Å². The van der Waals surface area contributed by atoms with Gasteiger partial charge in [-0.05, 0) is 19.1 Å². The number of anilines is 1. The highest BCUT2D eigenvalue weighted by molar-refractivity contribution is 5.95. The summed E-state index contributed by atoms with van der Waals surface area (Å²) >= 11 is 0. The van der Waals surface area contributed by atoms with E-state index in [9.17, 15) is 31.5 Å². The number of imidazole rings is 1. The predicted octanol–water partition coefficient (Wildman–Crippen LogP) is 3.93. The number of nitrogens with one attached hydrogen (secondary N) is 2. The number of ether oxygens (including phenoxy) is 2. The highest BCUT2D eigenvalue weighted by atomic mass is 19.4. The number of alkyl halides is 3. The zero-order chi connectivity index (χ0) is 26.4. The fourth-order valence-corrected chi connectivity index (χ4v) is 4.38. The number of hydrogen-bond donors (Lipinski definition) is 2. The van der Waals surface area contributed by atoms with E-state index in [0.29, 0.717) is 0 Å². The van der Waals surface area contributed by atoms with E-state index in [4.69, 9.17) is 9.47 Å². The summed E-state index contributed by atoms with van der Waals surface area (Å²) in [6.45, 7) is 2.02. The zero-order valence-electron chi connectivity index (χ0n) is 19.2. The molecule has 192 valence electrons. The molecule has 0 bridgehead atoms. The Morgan fingerprint density at radius 1 is 1.28 bits per heavy atom. The molecule has 1 aliphatic rings. The summed E-state index contributed by atoms with van der Waals surface area (Å²) in [7, 11) is 1.04. The lowest BCUT2D eigenvalue weighted by Gasteiger charge is -2.32. The van der Waals surface area contributed by atoms with E-state index in [0.717, 1.165) is 30.7 Å². The fourth-order valence-electron chi connectivity index (χ4n) is 4.38. The Morgan fingerprint density at radius 2 is 2.00 bits per heavy atom. The normalized spacial score (nSPS) is 24.1. The van der Waals surface area contributed by atoms with Crippen molar-refractivity contribution in [1.29, 1.82) is 0 Å². The van der Waals surface area contributed by atoms with Crippen LogP contribution in [0.5, 0.6) is 5.75 Å². The van der Waals surface area contributed by atoms with Crippen molar-refractivity contribution in [3.05, 3.63) is 70.5 Å². The van der Waals surface area contributed by atoms with Gasteiger partial charge in [0.05, 0.1) is 7.11 Å². The Bertz CT molecular complexity index is 1350. The number of benzene rings is 1. The van der Waals surface area contributed by atoms with Crippen LogP contribution in [0.4, 0.5) is 27.6 Å². The average Bonchev–Trinajstić information content (AvgIpc) is 3.37. The van der Waals surface area contributed by atoms with Gasteiger partial charge in [0.1, 0.15) is 11.9 Å². The Labute approximate surface area is 201 Å². The maximum atomic E-state index is 14.5. The molecule has 1 fully saturated rings. The van der Waals surface area contributed by atoms with Gasteiger partial charge in [-0.2, -0.15) is 17.6 Å². The van der Waals surface area contributed by atoms with Crippen LogP contribution < -0.4 is 15.7 Å². The number of carbonyl (C=O) groups excluding carboxylic acids is 1. The number of H-pyrrole nitrogens is 1. The van der Waals surface area contributed by atoms with Crippen LogP contribution in [0.1, 0.15) is 25.3 Å². The third-order valence-electron chi connectivity index (χ3n) is 6.48. The van der Waals surface area contributed by atoms with Crippen molar-refractivity contribution in [2.45, 2.75) is 37.6 Å². The van der Waals surface area contributed by atoms with Crippen molar-refractivity contribution >= 4 is 11.6 Å². The topological polar surface area (TPSA) is 98.2 Å². The molecular weight excluding hydrogens is 491 g/mol. The molecule has 3 heterocycles. The van der Waals surface area contributed by atoms with E-state index < -0.39 is 58.7 Å². The number of aromatic amines is 1. The van der Waals surface area contributed by atoms with Crippen LogP contribution in [-0.2, 0) is 9.53 Å². The molecule has 36 heavy (non-hydrogen) atoms. The third kappa shape index (κ3) is 4.12. The first-order valence-electron chi connectivity index (χ1n) is 10.7. The van der Waals surface area contributed by atoms with Crippen molar-refractivity contribution < 1.29 is 36.2 Å². The predicted molar refractivity (Wildman–Crippen MR) is 117 cm³/mol. The van der Waals surface area contributed by atoms with E-state index >= 15 is 0 Å². The van der Waals surface area contributed by atoms with Gasteiger partial charge in [-0.25, -0.2) is 14.2 Å². The number of rotatable bonds is 5. The van der Waals surface area contributed by atoms with Gasteiger partial charge in [-0.1, -0.05) is 13.0 Å². The highest BCUT2D eigenvalue weighted by Gasteiger charge is 2.65. The lowest BCUT2D eigenvalue weighted by atomic mass is 9.77. The number of aromatic nitrogens is 3. The first-order chi connectivity index (χ1) is 16.9. The second-order valence-corrected chi connectivity index (χ2v) is 8.47. The molecule has 0 unspecified atom stereocenters. The first-order valence-corrected chi connectivity index (χ1v) is 10.7. The molecule has 0 saturated carbocycles. The quantitative estimate of drug-likeness (QED) is 0.505. The van der Waals surface area contributed by atoms with Gasteiger partial charge < -0.3 is 19.8 Å². The lowest BCUT2D eigenvalue weighted by molar-refractivity contribution is -0.272. The molecule has 1 aromatic carbocycles. The Kier molecular flexibility index (Phi) is 6.37. The maximum Gasteiger partial charge on any atom is 0.417 e. The molecule has 3 aromatic rings. The van der Waals surface area contributed by atoms with Gasteiger partial charge in [-0.3, -0.25) is 9.36 Å². The molecule has 0 spiro atoms. The molecule has 0 aliphatic carbocycles. The molecule has 4 atom stereocenters. The second-order valence-electron chi connectivity index (χ2n) is 8.47. The molecule has 2 N–H and O–H groups in total. The molecule has 4 rings (SSSR count). The van der Waals surface area contributed by atoms with Crippen LogP contribution in [0.2, 0.25) is 0 Å². The van der Waals surface area contributed by atoms with Crippen molar-refractivity contribution in [1.82, 2.24) is 14.5 Å². The molecule has 0 radical (unpaired) electrons. The lowest BCUT2D eigenvalue weighted by Crippen LogP contribution is -2.47. The minimum atomic E-state index is -4.88. The van der Waals surface area contributed by atoms with E-state index in [-0.39, 0.29) is 17.1 Å². The summed E-state index contributed by atoms with van der Waals surface area (Å²) in [5, 5.41) is 2.47. The van der Waals surface area contributed by atoms with Crippen molar-refractivity contribution in [3.63, 3.8) is 0 Å². The Balaban J connectivity index is 1.74. The summed E-state index contributed by atoms with van der Waals surface area (Å²) in [4.78, 5) is 31.6. The number of carbonyl (C=O) groups is 1. The first kappa shape index (κ1) is 25.4. The SMILES string of the molecule is COc1c([C@H]2[C@H](C(=O)Nc3ccnc(-n4cc[nH]c4=O)c3)O[C@@](C)(C(F)(F)F)[C@H]2C)ccc(F)c1F. The molecular formula is C23H21F5N4O4. The van der Waals surface area contributed by atoms with E-state index in [1.54, 1.807) is 0 Å². The molecule has 1 aliphatic heterocycles. The van der Waals surface area contributed by atoms with Crippen molar-refractivity contribution in [2.75, 3.05) is 12.4 Å². The number of pyridine rings is 1. The number of hydrogen-bond acceptors (Lipinski definition) is 5. The Morgan fingerprint density at radius 3 is 2.61 bits per heavy atom. The van der Waals surface area contributed by atoms with Crippen LogP contribution in [0.3, 0.4) is 0 Å². The number of nitrogens with zero attached hydrogens (tertiary/aromatic N) is 2. The minimum Gasteiger partial charge on any atom is -0.493 e. The zero-order valence-corrected chi connectivity index (χ0v) is 19.2. The summed E-state index contributed by atoms with van der Waals surface area (Å²) < 4.78 is 81.9. The minimum absolute atomic E-state index is 0.117. The van der Waals surface area contributed by atoms with Gasteiger partial charge in [-0.15, -0.1) is 0 Å². The van der Waals surface area contributed by atoms with Crippen molar-refractivity contribution in [2.24, 2.45) is 5.92 Å². The van der Waals surface area contributed by atoms with Crippen LogP contribution >= 0.6 is 0 Å². The summed E-state index contributed by atoms with van der Waals surface area (Å²) in [6, 6.07) is 4.53. The van der Waals surface area contributed by atoms with Crippen LogP contribution in [0.25, 0.3) is 5.82 Å². The molecule has 13 heteroatoms. The van der Waals surface area contributed by atoms with Gasteiger partial charge in [0.2, 0.25) is 5.82 Å². The average molecular weight is 512 g/mol. The van der Waals surface area contributed by atoms with Crippen LogP contribution in [0, 0.1) is 17.6 Å². The second kappa shape index (κ2) is 9.04. The van der Waals surface area contributed by atoms with Gasteiger partial charge in [0.25, 0.3) is 5.91 Å². The van der Waals surface area contributed by atoms with E-state index in [1.807, 2.05) is 0 Å².